The molecule has 8 heteroatoms. The van der Waals surface area contributed by atoms with E-state index in [0.717, 1.165) is 17.8 Å². The Morgan fingerprint density at radius 2 is 1.89 bits per heavy atom. The molecule has 0 aliphatic carbocycles. The van der Waals surface area contributed by atoms with Gasteiger partial charge in [-0.2, -0.15) is 5.10 Å². The van der Waals surface area contributed by atoms with E-state index in [4.69, 9.17) is 9.84 Å². The lowest BCUT2D eigenvalue weighted by atomic mass is 9.84. The van der Waals surface area contributed by atoms with Gasteiger partial charge in [-0.05, 0) is 63.3 Å². The van der Waals surface area contributed by atoms with Crippen LogP contribution in [0.2, 0.25) is 0 Å². The van der Waals surface area contributed by atoms with Crippen LogP contribution in [0.15, 0.2) is 48.5 Å². The molecule has 0 bridgehead atoms. The quantitative estimate of drug-likeness (QED) is 0.377. The summed E-state index contributed by atoms with van der Waals surface area (Å²) in [6.07, 6.45) is 2.12. The van der Waals surface area contributed by atoms with Crippen molar-refractivity contribution in [3.05, 3.63) is 76.7 Å². The molecule has 0 saturated carbocycles. The summed E-state index contributed by atoms with van der Waals surface area (Å²) in [5.74, 6) is 0.260. The SMILES string of the molecule is CCC(CC)(NC(=O)c1c(C)nn2c1N[C@@H](c1ccccc1)CC2(C)C)c1ccc(F)c(OC)c1.Cl. The number of halogens is 2. The molecule has 0 spiro atoms. The Balaban J connectivity index is 0.00000361. The number of aryl methyl sites for hydroxylation is 1. The number of hydrogen-bond donors (Lipinski definition) is 2. The molecule has 4 rings (SSSR count). The van der Waals surface area contributed by atoms with Gasteiger partial charge in [0.1, 0.15) is 11.4 Å². The van der Waals surface area contributed by atoms with Gasteiger partial charge in [0, 0.05) is 0 Å². The monoisotopic (exact) mass is 514 g/mol. The number of fused-ring (bicyclic) bond motifs is 1. The number of carbonyl (C=O) groups excluding carboxylic acids is 1. The molecule has 1 aliphatic rings. The Kier molecular flexibility index (Phi) is 8.04. The Morgan fingerprint density at radius 1 is 1.22 bits per heavy atom. The predicted molar refractivity (Wildman–Crippen MR) is 144 cm³/mol. The number of anilines is 1. The zero-order chi connectivity index (χ0) is 25.4. The van der Waals surface area contributed by atoms with Crippen LogP contribution in [0.3, 0.4) is 0 Å². The number of amides is 1. The highest BCUT2D eigenvalue weighted by Gasteiger charge is 2.39. The maximum atomic E-state index is 14.1. The topological polar surface area (TPSA) is 68.2 Å². The number of methoxy groups -OCH3 is 1. The van der Waals surface area contributed by atoms with Gasteiger partial charge in [0.25, 0.3) is 5.91 Å². The van der Waals surface area contributed by atoms with Crippen molar-refractivity contribution in [2.45, 2.75) is 71.0 Å². The fourth-order valence-electron chi connectivity index (χ4n) is 5.20. The fraction of sp³-hybridized carbons (Fsp3) is 0.429. The number of carbonyl (C=O) groups is 1. The van der Waals surface area contributed by atoms with E-state index in [2.05, 4.69) is 36.6 Å². The molecule has 2 aromatic carbocycles. The summed E-state index contributed by atoms with van der Waals surface area (Å²) < 4.78 is 21.3. The van der Waals surface area contributed by atoms with Crippen molar-refractivity contribution in [1.82, 2.24) is 15.1 Å². The van der Waals surface area contributed by atoms with Crippen LogP contribution >= 0.6 is 12.4 Å². The molecule has 36 heavy (non-hydrogen) atoms. The highest BCUT2D eigenvalue weighted by atomic mass is 35.5. The highest BCUT2D eigenvalue weighted by Crippen LogP contribution is 2.41. The van der Waals surface area contributed by atoms with E-state index >= 15 is 0 Å². The van der Waals surface area contributed by atoms with Gasteiger partial charge in [0.2, 0.25) is 0 Å². The van der Waals surface area contributed by atoms with Gasteiger partial charge in [0.05, 0.1) is 29.9 Å². The minimum Gasteiger partial charge on any atom is -0.494 e. The number of ether oxygens (including phenoxy) is 1. The molecular weight excluding hydrogens is 479 g/mol. The lowest BCUT2D eigenvalue weighted by Crippen LogP contribution is -2.45. The second-order valence-corrected chi connectivity index (χ2v) is 9.94. The van der Waals surface area contributed by atoms with E-state index < -0.39 is 11.4 Å². The Labute approximate surface area is 219 Å². The second-order valence-electron chi connectivity index (χ2n) is 9.94. The summed E-state index contributed by atoms with van der Waals surface area (Å²) in [6, 6.07) is 15.1. The third kappa shape index (κ3) is 4.81. The molecule has 0 unspecified atom stereocenters. The van der Waals surface area contributed by atoms with Crippen LogP contribution in [0, 0.1) is 12.7 Å². The number of nitrogens with zero attached hydrogens (tertiary/aromatic N) is 2. The summed E-state index contributed by atoms with van der Waals surface area (Å²) in [5.41, 5.74) is 2.24. The third-order valence-corrected chi connectivity index (χ3v) is 7.34. The van der Waals surface area contributed by atoms with Gasteiger partial charge >= 0.3 is 0 Å². The Hall–Kier alpha value is -3.06. The van der Waals surface area contributed by atoms with E-state index in [1.165, 1.54) is 18.7 Å². The van der Waals surface area contributed by atoms with Gasteiger partial charge in [-0.15, -0.1) is 12.4 Å². The minimum atomic E-state index is -0.678. The first-order valence-corrected chi connectivity index (χ1v) is 12.2. The molecule has 6 nitrogen and oxygen atoms in total. The van der Waals surface area contributed by atoms with E-state index in [0.29, 0.717) is 24.1 Å². The standard InChI is InChI=1S/C28H35FN4O2.ClH/c1-7-28(8-2,20-14-15-21(29)23(16-20)35-6)31-26(34)24-18(3)32-33-25(24)30-22(17-27(33,4)5)19-12-10-9-11-13-19;/h9-16,22,30H,7-8,17H2,1-6H3,(H,31,34);1H/t22-;/m1./s1. The van der Waals surface area contributed by atoms with Crippen molar-refractivity contribution in [1.29, 1.82) is 0 Å². The van der Waals surface area contributed by atoms with Gasteiger partial charge in [0.15, 0.2) is 11.6 Å². The fourth-order valence-corrected chi connectivity index (χ4v) is 5.20. The number of rotatable bonds is 7. The summed E-state index contributed by atoms with van der Waals surface area (Å²) >= 11 is 0. The van der Waals surface area contributed by atoms with Crippen molar-refractivity contribution in [3.8, 4) is 5.75 Å². The van der Waals surface area contributed by atoms with Gasteiger partial charge < -0.3 is 15.4 Å². The molecule has 0 radical (unpaired) electrons. The lowest BCUT2D eigenvalue weighted by molar-refractivity contribution is 0.0889. The van der Waals surface area contributed by atoms with E-state index in [9.17, 15) is 9.18 Å². The Bertz CT molecular complexity index is 1220. The van der Waals surface area contributed by atoms with Crippen LogP contribution in [0.25, 0.3) is 0 Å². The molecule has 1 aromatic heterocycles. The molecule has 0 saturated heterocycles. The molecule has 1 atom stereocenters. The van der Waals surface area contributed by atoms with Gasteiger partial charge in [-0.25, -0.2) is 9.07 Å². The van der Waals surface area contributed by atoms with Crippen molar-refractivity contribution in [2.75, 3.05) is 12.4 Å². The van der Waals surface area contributed by atoms with Crippen molar-refractivity contribution >= 4 is 24.1 Å². The zero-order valence-corrected chi connectivity index (χ0v) is 22.6. The largest absolute Gasteiger partial charge is 0.494 e. The molecular formula is C28H36ClFN4O2. The van der Waals surface area contributed by atoms with E-state index in [1.807, 2.05) is 43.7 Å². The van der Waals surface area contributed by atoms with Crippen LogP contribution < -0.4 is 15.4 Å². The first-order chi connectivity index (χ1) is 16.7. The first kappa shape index (κ1) is 27.5. The van der Waals surface area contributed by atoms with E-state index in [-0.39, 0.29) is 35.6 Å². The average molecular weight is 515 g/mol. The minimum absolute atomic E-state index is 0. The highest BCUT2D eigenvalue weighted by molar-refractivity contribution is 6.00. The summed E-state index contributed by atoms with van der Waals surface area (Å²) in [5, 5.41) is 11.6. The normalized spacial score (nSPS) is 16.4. The number of aromatic nitrogens is 2. The zero-order valence-electron chi connectivity index (χ0n) is 21.8. The predicted octanol–water partition coefficient (Wildman–Crippen LogP) is 6.50. The van der Waals surface area contributed by atoms with Crippen LogP contribution in [-0.4, -0.2) is 22.8 Å². The molecule has 194 valence electrons. The number of hydrogen-bond acceptors (Lipinski definition) is 4. The van der Waals surface area contributed by atoms with Gasteiger partial charge in [-0.3, -0.25) is 4.79 Å². The van der Waals surface area contributed by atoms with Crippen molar-refractivity contribution in [3.63, 3.8) is 0 Å². The van der Waals surface area contributed by atoms with Crippen LogP contribution in [0.4, 0.5) is 10.2 Å². The van der Waals surface area contributed by atoms with Crippen LogP contribution in [0.5, 0.6) is 5.75 Å². The molecule has 0 fully saturated rings. The number of benzene rings is 2. The van der Waals surface area contributed by atoms with E-state index in [1.54, 1.807) is 12.1 Å². The van der Waals surface area contributed by atoms with Crippen molar-refractivity contribution < 1.29 is 13.9 Å². The third-order valence-electron chi connectivity index (χ3n) is 7.34. The van der Waals surface area contributed by atoms with Crippen molar-refractivity contribution in [2.24, 2.45) is 0 Å². The second kappa shape index (κ2) is 10.5. The first-order valence-electron chi connectivity index (χ1n) is 12.2. The molecule has 2 N–H and O–H groups in total. The van der Waals surface area contributed by atoms with Crippen LogP contribution in [0.1, 0.15) is 80.2 Å². The molecule has 1 amide bonds. The smallest absolute Gasteiger partial charge is 0.257 e. The molecule has 1 aliphatic heterocycles. The molecule has 3 aromatic rings. The summed E-state index contributed by atoms with van der Waals surface area (Å²) in [6.45, 7) is 10.2. The maximum absolute atomic E-state index is 14.1. The maximum Gasteiger partial charge on any atom is 0.257 e. The average Bonchev–Trinajstić information content (AvgIpc) is 3.20. The summed E-state index contributed by atoms with van der Waals surface area (Å²) in [7, 11) is 1.44. The molecule has 2 heterocycles. The Morgan fingerprint density at radius 3 is 2.50 bits per heavy atom. The van der Waals surface area contributed by atoms with Gasteiger partial charge in [-0.1, -0.05) is 50.2 Å². The lowest BCUT2D eigenvalue weighted by Gasteiger charge is -2.38. The summed E-state index contributed by atoms with van der Waals surface area (Å²) in [4.78, 5) is 13.9. The van der Waals surface area contributed by atoms with Crippen LogP contribution in [-0.2, 0) is 11.1 Å². The number of nitrogens with one attached hydrogen (secondary N) is 2.